The lowest BCUT2D eigenvalue weighted by molar-refractivity contribution is -0.116. The number of hydrogen-bond acceptors (Lipinski definition) is 9. The van der Waals surface area contributed by atoms with Gasteiger partial charge in [0, 0.05) is 33.4 Å². The number of amides is 1. The summed E-state index contributed by atoms with van der Waals surface area (Å²) in [5, 5.41) is 22.5. The number of benzene rings is 2. The first-order valence-corrected chi connectivity index (χ1v) is 14.7. The number of nitriles is 1. The van der Waals surface area contributed by atoms with E-state index in [-0.39, 0.29) is 28.8 Å². The number of nitrogens with zero attached hydrogens (tertiary/aromatic N) is 4. The Labute approximate surface area is 247 Å². The third-order valence-corrected chi connectivity index (χ3v) is 9.18. The number of aromatic nitrogens is 2. The standard InChI is InChI=1S/C27H21Cl2FN6O2S2/c1-13-5-7-15(30)10-19(13)33-22(38)12-39-27-35-34-26(40-27)36-20-3-2-4-21(37)24(20)23(17(11-31)25(36)32)16-8-6-14(28)9-18(16)29/h5-10,23H,2-4,12,32H2,1H3,(H,33,38). The molecule has 204 valence electrons. The van der Waals surface area contributed by atoms with Crippen LogP contribution in [0.4, 0.5) is 15.2 Å². The molecular weight excluding hydrogens is 594 g/mol. The van der Waals surface area contributed by atoms with Crippen LogP contribution in [-0.2, 0) is 9.59 Å². The first-order chi connectivity index (χ1) is 19.2. The van der Waals surface area contributed by atoms with Crippen LogP contribution in [-0.4, -0.2) is 27.6 Å². The second-order valence-electron chi connectivity index (χ2n) is 9.13. The van der Waals surface area contributed by atoms with Gasteiger partial charge in [-0.15, -0.1) is 10.2 Å². The summed E-state index contributed by atoms with van der Waals surface area (Å²) < 4.78 is 14.0. The fourth-order valence-electron chi connectivity index (χ4n) is 4.75. The van der Waals surface area contributed by atoms with E-state index in [0.29, 0.717) is 61.3 Å². The van der Waals surface area contributed by atoms with E-state index in [0.717, 1.165) is 17.3 Å². The molecule has 0 saturated heterocycles. The third kappa shape index (κ3) is 5.45. The van der Waals surface area contributed by atoms with Gasteiger partial charge in [0.2, 0.25) is 11.0 Å². The minimum atomic E-state index is -0.731. The molecule has 8 nitrogen and oxygen atoms in total. The fourth-order valence-corrected chi connectivity index (χ4v) is 6.94. The number of thioether (sulfide) groups is 1. The van der Waals surface area contributed by atoms with Crippen molar-refractivity contribution in [2.75, 3.05) is 16.0 Å². The number of halogens is 3. The first kappa shape index (κ1) is 28.1. The molecule has 1 aliphatic carbocycles. The summed E-state index contributed by atoms with van der Waals surface area (Å²) in [6, 6.07) is 11.3. The van der Waals surface area contributed by atoms with Crippen LogP contribution in [0.3, 0.4) is 0 Å². The normalized spacial score (nSPS) is 17.1. The van der Waals surface area contributed by atoms with E-state index in [1.807, 2.05) is 0 Å². The van der Waals surface area contributed by atoms with Crippen molar-refractivity contribution in [3.05, 3.63) is 86.1 Å². The van der Waals surface area contributed by atoms with Crippen molar-refractivity contribution in [1.29, 1.82) is 5.26 Å². The van der Waals surface area contributed by atoms with Crippen molar-refractivity contribution in [2.45, 2.75) is 36.4 Å². The molecule has 0 radical (unpaired) electrons. The lowest BCUT2D eigenvalue weighted by atomic mass is 9.76. The molecule has 1 atom stereocenters. The summed E-state index contributed by atoms with van der Waals surface area (Å²) in [5.41, 5.74) is 9.56. The second-order valence-corrected chi connectivity index (χ2v) is 12.2. The van der Waals surface area contributed by atoms with Crippen molar-refractivity contribution < 1.29 is 14.0 Å². The smallest absolute Gasteiger partial charge is 0.234 e. The van der Waals surface area contributed by atoms with Gasteiger partial charge >= 0.3 is 0 Å². The molecule has 2 aromatic carbocycles. The molecule has 1 aromatic heterocycles. The number of nitrogens with two attached hydrogens (primary N) is 1. The number of ketones is 1. The highest BCUT2D eigenvalue weighted by molar-refractivity contribution is 8.01. The van der Waals surface area contributed by atoms with Gasteiger partial charge in [0.05, 0.1) is 23.3 Å². The van der Waals surface area contributed by atoms with Crippen LogP contribution in [0, 0.1) is 24.1 Å². The molecule has 5 rings (SSSR count). The number of nitrogens with one attached hydrogen (secondary N) is 1. The molecule has 2 heterocycles. The number of allylic oxidation sites excluding steroid dienone is 3. The Bertz CT molecular complexity index is 1650. The Hall–Kier alpha value is -3.43. The summed E-state index contributed by atoms with van der Waals surface area (Å²) in [5.74, 6) is -1.44. The number of aryl methyl sites for hydroxylation is 1. The maximum atomic E-state index is 13.6. The van der Waals surface area contributed by atoms with E-state index in [1.54, 1.807) is 36.1 Å². The average Bonchev–Trinajstić information content (AvgIpc) is 3.38. The van der Waals surface area contributed by atoms with Crippen LogP contribution in [0.1, 0.15) is 36.3 Å². The van der Waals surface area contributed by atoms with Crippen molar-refractivity contribution >= 4 is 68.8 Å². The summed E-state index contributed by atoms with van der Waals surface area (Å²) in [7, 11) is 0. The Balaban J connectivity index is 1.43. The molecule has 3 N–H and O–H groups in total. The number of carbonyl (C=O) groups is 2. The van der Waals surface area contributed by atoms with Crippen LogP contribution >= 0.6 is 46.3 Å². The van der Waals surface area contributed by atoms with E-state index in [4.69, 9.17) is 28.9 Å². The first-order valence-electron chi connectivity index (χ1n) is 12.1. The van der Waals surface area contributed by atoms with Crippen molar-refractivity contribution in [1.82, 2.24) is 10.2 Å². The number of carbonyl (C=O) groups excluding carboxylic acids is 2. The number of rotatable bonds is 6. The maximum Gasteiger partial charge on any atom is 0.234 e. The lowest BCUT2D eigenvalue weighted by Crippen LogP contribution is -2.38. The zero-order chi connectivity index (χ0) is 28.6. The van der Waals surface area contributed by atoms with Gasteiger partial charge in [0.1, 0.15) is 11.6 Å². The molecule has 1 amide bonds. The zero-order valence-electron chi connectivity index (χ0n) is 21.0. The minimum absolute atomic E-state index is 0.0168. The van der Waals surface area contributed by atoms with Gasteiger partial charge in [0.25, 0.3) is 0 Å². The molecule has 2 aliphatic rings. The maximum absolute atomic E-state index is 13.6. The van der Waals surface area contributed by atoms with E-state index in [1.165, 1.54) is 23.5 Å². The van der Waals surface area contributed by atoms with Crippen LogP contribution in [0.2, 0.25) is 10.0 Å². The molecular formula is C27H21Cl2FN6O2S2. The molecule has 1 aliphatic heterocycles. The quantitative estimate of drug-likeness (QED) is 0.309. The van der Waals surface area contributed by atoms with Crippen molar-refractivity contribution in [2.24, 2.45) is 5.73 Å². The Morgan fingerprint density at radius 2 is 2.08 bits per heavy atom. The Morgan fingerprint density at radius 3 is 2.83 bits per heavy atom. The van der Waals surface area contributed by atoms with Crippen molar-refractivity contribution in [3.63, 3.8) is 0 Å². The van der Waals surface area contributed by atoms with E-state index < -0.39 is 11.7 Å². The monoisotopic (exact) mass is 614 g/mol. The summed E-state index contributed by atoms with van der Waals surface area (Å²) in [6.45, 7) is 1.77. The molecule has 40 heavy (non-hydrogen) atoms. The van der Waals surface area contributed by atoms with Crippen LogP contribution in [0.15, 0.2) is 63.4 Å². The third-order valence-electron chi connectivity index (χ3n) is 6.57. The van der Waals surface area contributed by atoms with Gasteiger partial charge in [-0.05, 0) is 55.2 Å². The Kier molecular flexibility index (Phi) is 8.14. The van der Waals surface area contributed by atoms with Crippen molar-refractivity contribution in [3.8, 4) is 6.07 Å². The molecule has 0 saturated carbocycles. The van der Waals surface area contributed by atoms with Gasteiger partial charge in [-0.3, -0.25) is 14.5 Å². The van der Waals surface area contributed by atoms with Gasteiger partial charge in [-0.25, -0.2) is 4.39 Å². The number of Topliss-reactive ketones (excluding diaryl/α,β-unsaturated/α-hetero) is 1. The summed E-state index contributed by atoms with van der Waals surface area (Å²) in [4.78, 5) is 27.4. The van der Waals surface area contributed by atoms with E-state index in [2.05, 4.69) is 21.6 Å². The highest BCUT2D eigenvalue weighted by Gasteiger charge is 2.42. The molecule has 3 aromatic rings. The number of hydrogen-bond donors (Lipinski definition) is 2. The highest BCUT2D eigenvalue weighted by Crippen LogP contribution is 2.48. The molecule has 0 bridgehead atoms. The van der Waals surface area contributed by atoms with Gasteiger partial charge < -0.3 is 11.1 Å². The van der Waals surface area contributed by atoms with Gasteiger partial charge in [-0.1, -0.05) is 58.4 Å². The zero-order valence-corrected chi connectivity index (χ0v) is 24.1. The fraction of sp³-hybridized carbons (Fsp3) is 0.222. The van der Waals surface area contributed by atoms with Crippen LogP contribution in [0.25, 0.3) is 0 Å². The van der Waals surface area contributed by atoms with Gasteiger partial charge in [-0.2, -0.15) is 5.26 Å². The van der Waals surface area contributed by atoms with Crippen LogP contribution in [0.5, 0.6) is 0 Å². The van der Waals surface area contributed by atoms with Gasteiger partial charge in [0.15, 0.2) is 10.1 Å². The minimum Gasteiger partial charge on any atom is -0.384 e. The highest BCUT2D eigenvalue weighted by atomic mass is 35.5. The second kappa shape index (κ2) is 11.6. The van der Waals surface area contributed by atoms with Crippen LogP contribution < -0.4 is 16.0 Å². The predicted molar refractivity (Wildman–Crippen MR) is 155 cm³/mol. The SMILES string of the molecule is Cc1ccc(F)cc1NC(=O)CSc1nnc(N2C(N)=C(C#N)C(c3ccc(Cl)cc3Cl)C3=C2CCCC3=O)s1. The average molecular weight is 616 g/mol. The largest absolute Gasteiger partial charge is 0.384 e. The predicted octanol–water partition coefficient (Wildman–Crippen LogP) is 6.33. The summed E-state index contributed by atoms with van der Waals surface area (Å²) in [6.07, 6.45) is 1.49. The summed E-state index contributed by atoms with van der Waals surface area (Å²) >= 11 is 15.0. The molecule has 0 spiro atoms. The number of anilines is 2. The Morgan fingerprint density at radius 1 is 1.27 bits per heavy atom. The van der Waals surface area contributed by atoms with E-state index >= 15 is 0 Å². The molecule has 13 heteroatoms. The lowest BCUT2D eigenvalue weighted by Gasteiger charge is -2.38. The molecule has 0 fully saturated rings. The molecule has 1 unspecified atom stereocenters. The topological polar surface area (TPSA) is 125 Å². The van der Waals surface area contributed by atoms with E-state index in [9.17, 15) is 19.2 Å².